The highest BCUT2D eigenvalue weighted by molar-refractivity contribution is 7.97. The molecule has 0 bridgehead atoms. The van der Waals surface area contributed by atoms with Gasteiger partial charge in [-0.3, -0.25) is 14.6 Å². The maximum atomic E-state index is 12.4. The standard InChI is InChI=1S/C19H16N4OS/c20-25-15-8-6-13(7-9-15)12-23-18-16(10-11-21-19(18)24)17(22-23)14-4-2-1-3-5-14/h1-11H,12,20H2,(H,21,24). The molecule has 4 aromatic rings. The predicted octanol–water partition coefficient (Wildman–Crippen LogP) is 3.41. The van der Waals surface area contributed by atoms with Gasteiger partial charge in [-0.05, 0) is 35.7 Å². The largest absolute Gasteiger partial charge is 0.327 e. The molecule has 6 heteroatoms. The third-order valence-corrected chi connectivity index (χ3v) is 4.65. The van der Waals surface area contributed by atoms with Gasteiger partial charge in [0.05, 0.1) is 6.54 Å². The summed E-state index contributed by atoms with van der Waals surface area (Å²) in [5.74, 6) is 0. The molecule has 3 N–H and O–H groups in total. The van der Waals surface area contributed by atoms with E-state index in [1.165, 1.54) is 11.9 Å². The fourth-order valence-corrected chi connectivity index (χ4v) is 3.21. The highest BCUT2D eigenvalue weighted by atomic mass is 32.2. The molecule has 0 saturated heterocycles. The molecule has 124 valence electrons. The van der Waals surface area contributed by atoms with Crippen molar-refractivity contribution in [3.8, 4) is 11.3 Å². The van der Waals surface area contributed by atoms with Gasteiger partial charge in [0, 0.05) is 22.0 Å². The fourth-order valence-electron chi connectivity index (χ4n) is 2.91. The Morgan fingerprint density at radius 2 is 1.80 bits per heavy atom. The van der Waals surface area contributed by atoms with E-state index in [-0.39, 0.29) is 5.56 Å². The van der Waals surface area contributed by atoms with Gasteiger partial charge >= 0.3 is 0 Å². The van der Waals surface area contributed by atoms with Crippen LogP contribution in [-0.2, 0) is 6.54 Å². The van der Waals surface area contributed by atoms with Gasteiger partial charge in [0.2, 0.25) is 0 Å². The van der Waals surface area contributed by atoms with Crippen molar-refractivity contribution in [1.82, 2.24) is 14.8 Å². The lowest BCUT2D eigenvalue weighted by Gasteiger charge is -2.04. The van der Waals surface area contributed by atoms with E-state index in [1.54, 1.807) is 10.9 Å². The van der Waals surface area contributed by atoms with Crippen LogP contribution in [0.15, 0.2) is 76.6 Å². The van der Waals surface area contributed by atoms with Gasteiger partial charge in [-0.25, -0.2) is 0 Å². The van der Waals surface area contributed by atoms with Gasteiger partial charge in [0.25, 0.3) is 5.56 Å². The van der Waals surface area contributed by atoms with Crippen LogP contribution in [0.2, 0.25) is 0 Å². The molecule has 0 fully saturated rings. The van der Waals surface area contributed by atoms with Crippen LogP contribution >= 0.6 is 11.9 Å². The zero-order valence-electron chi connectivity index (χ0n) is 13.3. The van der Waals surface area contributed by atoms with Crippen molar-refractivity contribution in [2.24, 2.45) is 5.14 Å². The summed E-state index contributed by atoms with van der Waals surface area (Å²) in [6, 6.07) is 19.7. The van der Waals surface area contributed by atoms with Crippen LogP contribution in [0.25, 0.3) is 22.2 Å². The monoisotopic (exact) mass is 348 g/mol. The van der Waals surface area contributed by atoms with Crippen molar-refractivity contribution in [3.63, 3.8) is 0 Å². The summed E-state index contributed by atoms with van der Waals surface area (Å²) >= 11 is 1.21. The van der Waals surface area contributed by atoms with Crippen molar-refractivity contribution in [2.45, 2.75) is 11.4 Å². The van der Waals surface area contributed by atoms with Crippen molar-refractivity contribution in [2.75, 3.05) is 0 Å². The molecule has 0 atom stereocenters. The Bertz CT molecular complexity index is 1070. The lowest BCUT2D eigenvalue weighted by atomic mass is 10.1. The minimum atomic E-state index is -0.138. The number of nitrogens with two attached hydrogens (primary N) is 1. The topological polar surface area (TPSA) is 76.7 Å². The molecule has 0 aliphatic rings. The average molecular weight is 348 g/mol. The summed E-state index contributed by atoms with van der Waals surface area (Å²) in [6.45, 7) is 0.520. The zero-order chi connectivity index (χ0) is 17.2. The van der Waals surface area contributed by atoms with E-state index in [1.807, 2.05) is 60.7 Å². The third-order valence-electron chi connectivity index (χ3n) is 4.11. The lowest BCUT2D eigenvalue weighted by Crippen LogP contribution is -2.12. The maximum Gasteiger partial charge on any atom is 0.274 e. The number of fused-ring (bicyclic) bond motifs is 1. The highest BCUT2D eigenvalue weighted by Gasteiger charge is 2.15. The summed E-state index contributed by atoms with van der Waals surface area (Å²) < 4.78 is 1.76. The Morgan fingerprint density at radius 3 is 2.52 bits per heavy atom. The van der Waals surface area contributed by atoms with E-state index in [2.05, 4.69) is 4.98 Å². The molecule has 0 aliphatic heterocycles. The number of nitrogens with zero attached hydrogens (tertiary/aromatic N) is 2. The second kappa shape index (κ2) is 6.58. The summed E-state index contributed by atoms with van der Waals surface area (Å²) in [7, 11) is 0. The van der Waals surface area contributed by atoms with Crippen LogP contribution < -0.4 is 10.7 Å². The quantitative estimate of drug-likeness (QED) is 0.554. The van der Waals surface area contributed by atoms with Gasteiger partial charge in [-0.1, -0.05) is 42.5 Å². The van der Waals surface area contributed by atoms with Gasteiger partial charge in [-0.2, -0.15) is 5.10 Å². The molecule has 0 spiro atoms. The van der Waals surface area contributed by atoms with Crippen LogP contribution in [0.1, 0.15) is 5.56 Å². The highest BCUT2D eigenvalue weighted by Crippen LogP contribution is 2.26. The van der Waals surface area contributed by atoms with Gasteiger partial charge in [0.1, 0.15) is 11.2 Å². The molecular formula is C19H16N4OS. The summed E-state index contributed by atoms with van der Waals surface area (Å²) in [5, 5.41) is 11.1. The average Bonchev–Trinajstić information content (AvgIpc) is 3.03. The Morgan fingerprint density at radius 1 is 1.04 bits per heavy atom. The lowest BCUT2D eigenvalue weighted by molar-refractivity contribution is 0.711. The molecule has 0 unspecified atom stereocenters. The van der Waals surface area contributed by atoms with E-state index in [4.69, 9.17) is 10.2 Å². The van der Waals surface area contributed by atoms with Crippen molar-refractivity contribution in [3.05, 3.63) is 82.8 Å². The number of aromatic nitrogens is 3. The molecule has 0 amide bonds. The molecular weight excluding hydrogens is 332 g/mol. The Kier molecular flexibility index (Phi) is 4.13. The fraction of sp³-hybridized carbons (Fsp3) is 0.0526. The normalized spacial score (nSPS) is 11.1. The van der Waals surface area contributed by atoms with Gasteiger partial charge in [0.15, 0.2) is 0 Å². The minimum absolute atomic E-state index is 0.138. The third kappa shape index (κ3) is 2.97. The molecule has 0 aliphatic carbocycles. The number of pyridine rings is 1. The Hall–Kier alpha value is -2.83. The summed E-state index contributed by atoms with van der Waals surface area (Å²) in [5.41, 5.74) is 3.31. The van der Waals surface area contributed by atoms with E-state index in [9.17, 15) is 4.79 Å². The maximum absolute atomic E-state index is 12.4. The van der Waals surface area contributed by atoms with Crippen LogP contribution in [0.3, 0.4) is 0 Å². The number of hydrogen-bond donors (Lipinski definition) is 2. The van der Waals surface area contributed by atoms with Gasteiger partial charge in [-0.15, -0.1) is 0 Å². The second-order valence-electron chi connectivity index (χ2n) is 5.70. The van der Waals surface area contributed by atoms with Crippen LogP contribution in [-0.4, -0.2) is 14.8 Å². The number of aromatic amines is 1. The zero-order valence-corrected chi connectivity index (χ0v) is 14.2. The van der Waals surface area contributed by atoms with Gasteiger partial charge < -0.3 is 4.98 Å². The number of benzene rings is 2. The molecule has 5 nitrogen and oxygen atoms in total. The van der Waals surface area contributed by atoms with E-state index >= 15 is 0 Å². The molecule has 0 saturated carbocycles. The molecule has 2 heterocycles. The SMILES string of the molecule is NSc1ccc(Cn2nc(-c3ccccc3)c3cc[nH]c(=O)c32)cc1. The van der Waals surface area contributed by atoms with Crippen LogP contribution in [0, 0.1) is 0 Å². The molecule has 25 heavy (non-hydrogen) atoms. The summed E-state index contributed by atoms with van der Waals surface area (Å²) in [6.07, 6.45) is 1.66. The number of nitrogens with one attached hydrogen (secondary N) is 1. The Balaban J connectivity index is 1.84. The van der Waals surface area contributed by atoms with E-state index < -0.39 is 0 Å². The van der Waals surface area contributed by atoms with Crippen LogP contribution in [0.5, 0.6) is 0 Å². The predicted molar refractivity (Wildman–Crippen MR) is 101 cm³/mol. The molecule has 2 aromatic heterocycles. The van der Waals surface area contributed by atoms with Crippen molar-refractivity contribution < 1.29 is 0 Å². The first-order valence-electron chi connectivity index (χ1n) is 7.85. The second-order valence-corrected chi connectivity index (χ2v) is 6.41. The molecule has 2 aromatic carbocycles. The Labute approximate surface area is 148 Å². The van der Waals surface area contributed by atoms with Crippen molar-refractivity contribution in [1.29, 1.82) is 0 Å². The first-order valence-corrected chi connectivity index (χ1v) is 8.73. The van der Waals surface area contributed by atoms with Crippen LogP contribution in [0.4, 0.5) is 0 Å². The van der Waals surface area contributed by atoms with E-state index in [0.717, 1.165) is 27.1 Å². The summed E-state index contributed by atoms with van der Waals surface area (Å²) in [4.78, 5) is 16.1. The number of rotatable bonds is 4. The first kappa shape index (κ1) is 15.7. The van der Waals surface area contributed by atoms with E-state index in [0.29, 0.717) is 12.1 Å². The smallest absolute Gasteiger partial charge is 0.274 e. The van der Waals surface area contributed by atoms with Crippen molar-refractivity contribution >= 4 is 22.9 Å². The first-order chi connectivity index (χ1) is 12.3. The minimum Gasteiger partial charge on any atom is -0.327 e. The number of H-pyrrole nitrogens is 1. The molecule has 4 rings (SSSR count). The molecule has 0 radical (unpaired) electrons. The number of hydrogen-bond acceptors (Lipinski definition) is 4.